The summed E-state index contributed by atoms with van der Waals surface area (Å²) in [6, 6.07) is 6.13. The molecule has 1 N–H and O–H groups in total. The van der Waals surface area contributed by atoms with Gasteiger partial charge in [0.25, 0.3) is 5.91 Å². The highest BCUT2D eigenvalue weighted by atomic mass is 16.6. The Morgan fingerprint density at radius 2 is 1.85 bits per heavy atom. The molecular weight excluding hydrogens is 440 g/mol. The van der Waals surface area contributed by atoms with E-state index in [-0.39, 0.29) is 38.1 Å². The molecule has 2 fully saturated rings. The second kappa shape index (κ2) is 8.25. The van der Waals surface area contributed by atoms with E-state index in [2.05, 4.69) is 0 Å². The van der Waals surface area contributed by atoms with Crippen molar-refractivity contribution in [3.63, 3.8) is 0 Å². The van der Waals surface area contributed by atoms with E-state index in [1.807, 2.05) is 6.08 Å². The second-order valence-electron chi connectivity index (χ2n) is 9.19. The van der Waals surface area contributed by atoms with Gasteiger partial charge in [0.05, 0.1) is 18.6 Å². The molecule has 1 aromatic rings. The van der Waals surface area contributed by atoms with Crippen LogP contribution in [-0.2, 0) is 23.9 Å². The second-order valence-corrected chi connectivity index (χ2v) is 9.19. The Morgan fingerprint density at radius 3 is 2.56 bits per heavy atom. The molecule has 1 aromatic carbocycles. The molecule has 0 saturated carbocycles. The third-order valence-electron chi connectivity index (χ3n) is 7.25. The molecular formula is C25H28N2O7. The van der Waals surface area contributed by atoms with Gasteiger partial charge in [-0.1, -0.05) is 18.2 Å². The third kappa shape index (κ3) is 3.18. The number of carbonyl (C=O) groups is 3. The first-order chi connectivity index (χ1) is 16.4. The number of carbonyl (C=O) groups excluding carboxylic acids is 3. The van der Waals surface area contributed by atoms with Crippen molar-refractivity contribution in [3.8, 4) is 5.75 Å². The maximum absolute atomic E-state index is 14.1. The van der Waals surface area contributed by atoms with E-state index in [0.717, 1.165) is 0 Å². The van der Waals surface area contributed by atoms with Crippen LogP contribution in [0.5, 0.6) is 5.75 Å². The quantitative estimate of drug-likeness (QED) is 0.509. The van der Waals surface area contributed by atoms with Crippen LogP contribution >= 0.6 is 0 Å². The zero-order valence-corrected chi connectivity index (χ0v) is 19.2. The summed E-state index contributed by atoms with van der Waals surface area (Å²) in [7, 11) is 1.57. The van der Waals surface area contributed by atoms with E-state index in [9.17, 15) is 19.5 Å². The SMILES string of the molecule is COc1ccc(N2CC=C[C@]34O[C@@]5(C)C=CCOC(=O)[C@H]5[C@H]3C(=O)N(CCCO)C4C2=O)cc1. The van der Waals surface area contributed by atoms with Gasteiger partial charge in [-0.2, -0.15) is 0 Å². The number of methoxy groups -OCH3 is 1. The Labute approximate surface area is 197 Å². The lowest BCUT2D eigenvalue weighted by Gasteiger charge is -2.37. The predicted octanol–water partition coefficient (Wildman–Crippen LogP) is 1.06. The number of likely N-dealkylation sites (tertiary alicyclic amines) is 1. The van der Waals surface area contributed by atoms with Gasteiger partial charge in [-0.3, -0.25) is 14.4 Å². The molecule has 0 aromatic heterocycles. The molecule has 4 aliphatic rings. The fourth-order valence-corrected chi connectivity index (χ4v) is 5.83. The molecule has 4 aliphatic heterocycles. The molecule has 1 spiro atoms. The standard InChI is InChI=1S/C25H28N2O7/c1-24-10-4-15-33-23(31)19(24)18-21(29)27(13-5-14-28)20-22(30)26(12-3-11-25(18,20)34-24)16-6-8-17(32-2)9-7-16/h3-4,6-11,18-20,28H,5,12-15H2,1-2H3/t18-,19+,20?,24-,25-/m0/s1. The fraction of sp³-hybridized carbons (Fsp3) is 0.480. The third-order valence-corrected chi connectivity index (χ3v) is 7.25. The molecule has 2 saturated heterocycles. The van der Waals surface area contributed by atoms with Gasteiger partial charge in [0.2, 0.25) is 5.91 Å². The molecule has 1 unspecified atom stereocenters. The number of nitrogens with zero attached hydrogens (tertiary/aromatic N) is 2. The Kier molecular flexibility index (Phi) is 5.49. The number of fused-ring (bicyclic) bond motifs is 2. The smallest absolute Gasteiger partial charge is 0.313 e. The van der Waals surface area contributed by atoms with Crippen LogP contribution in [-0.4, -0.2) is 78.4 Å². The van der Waals surface area contributed by atoms with Gasteiger partial charge in [-0.25, -0.2) is 0 Å². The van der Waals surface area contributed by atoms with Gasteiger partial charge in [0.1, 0.15) is 29.9 Å². The van der Waals surface area contributed by atoms with Crippen molar-refractivity contribution in [2.45, 2.75) is 30.6 Å². The molecule has 0 radical (unpaired) electrons. The summed E-state index contributed by atoms with van der Waals surface area (Å²) in [6.45, 7) is 2.20. The van der Waals surface area contributed by atoms with E-state index >= 15 is 0 Å². The number of aliphatic hydroxyl groups is 1. The number of cyclic esters (lactones) is 1. The molecule has 2 amide bonds. The summed E-state index contributed by atoms with van der Waals surface area (Å²) in [5.74, 6) is -2.29. The summed E-state index contributed by atoms with van der Waals surface area (Å²) in [5.41, 5.74) is -1.76. The summed E-state index contributed by atoms with van der Waals surface area (Å²) in [4.78, 5) is 44.0. The molecule has 0 aliphatic carbocycles. The lowest BCUT2D eigenvalue weighted by Crippen LogP contribution is -2.56. The highest BCUT2D eigenvalue weighted by Gasteiger charge is 2.74. The number of anilines is 1. The summed E-state index contributed by atoms with van der Waals surface area (Å²) >= 11 is 0. The molecule has 5 atom stereocenters. The first-order valence-electron chi connectivity index (χ1n) is 11.5. The number of hydrogen-bond acceptors (Lipinski definition) is 7. The Morgan fingerprint density at radius 1 is 1.09 bits per heavy atom. The van der Waals surface area contributed by atoms with Crippen LogP contribution in [0, 0.1) is 11.8 Å². The van der Waals surface area contributed by atoms with Gasteiger partial charge in [0, 0.05) is 25.4 Å². The number of hydrogen-bond donors (Lipinski definition) is 1. The lowest BCUT2D eigenvalue weighted by atomic mass is 9.75. The van der Waals surface area contributed by atoms with Crippen molar-refractivity contribution < 1.29 is 33.7 Å². The molecule has 5 rings (SSSR count). The first kappa shape index (κ1) is 22.6. The molecule has 34 heavy (non-hydrogen) atoms. The van der Waals surface area contributed by atoms with Crippen LogP contribution in [0.3, 0.4) is 0 Å². The van der Waals surface area contributed by atoms with Crippen LogP contribution < -0.4 is 9.64 Å². The van der Waals surface area contributed by atoms with E-state index in [1.54, 1.807) is 61.4 Å². The molecule has 180 valence electrons. The Hall–Kier alpha value is -3.17. The minimum atomic E-state index is -1.33. The number of esters is 1. The van der Waals surface area contributed by atoms with Crippen LogP contribution in [0.4, 0.5) is 5.69 Å². The first-order valence-corrected chi connectivity index (χ1v) is 11.5. The normalized spacial score (nSPS) is 34.3. The van der Waals surface area contributed by atoms with Crippen molar-refractivity contribution in [1.29, 1.82) is 0 Å². The van der Waals surface area contributed by atoms with Crippen LogP contribution in [0.2, 0.25) is 0 Å². The highest BCUT2D eigenvalue weighted by Crippen LogP contribution is 2.57. The van der Waals surface area contributed by atoms with Gasteiger partial charge in [0.15, 0.2) is 0 Å². The van der Waals surface area contributed by atoms with Gasteiger partial charge in [-0.15, -0.1) is 0 Å². The van der Waals surface area contributed by atoms with Crippen LogP contribution in [0.1, 0.15) is 13.3 Å². The number of aliphatic hydroxyl groups excluding tert-OH is 1. The van der Waals surface area contributed by atoms with E-state index in [0.29, 0.717) is 17.9 Å². The maximum atomic E-state index is 14.1. The van der Waals surface area contributed by atoms with E-state index in [4.69, 9.17) is 14.2 Å². The molecule has 9 nitrogen and oxygen atoms in total. The largest absolute Gasteiger partial charge is 0.497 e. The average Bonchev–Trinajstić information content (AvgIpc) is 3.08. The van der Waals surface area contributed by atoms with Crippen LogP contribution in [0.25, 0.3) is 0 Å². The molecule has 0 bridgehead atoms. The van der Waals surface area contributed by atoms with E-state index in [1.165, 1.54) is 4.90 Å². The van der Waals surface area contributed by atoms with Crippen molar-refractivity contribution in [2.24, 2.45) is 11.8 Å². The zero-order chi connectivity index (χ0) is 24.1. The number of amides is 2. The number of benzene rings is 1. The zero-order valence-electron chi connectivity index (χ0n) is 19.2. The minimum absolute atomic E-state index is 0.111. The van der Waals surface area contributed by atoms with Crippen molar-refractivity contribution in [2.75, 3.05) is 38.3 Å². The summed E-state index contributed by atoms with van der Waals surface area (Å²) in [6.07, 6.45) is 7.38. The lowest BCUT2D eigenvalue weighted by molar-refractivity contribution is -0.156. The number of rotatable bonds is 5. The molecule has 9 heteroatoms. The Bertz CT molecular complexity index is 1070. The van der Waals surface area contributed by atoms with Gasteiger partial charge < -0.3 is 29.1 Å². The Balaban J connectivity index is 1.61. The number of ether oxygens (including phenoxy) is 3. The van der Waals surface area contributed by atoms with Gasteiger partial charge in [-0.05, 0) is 43.7 Å². The van der Waals surface area contributed by atoms with E-state index < -0.39 is 35.0 Å². The summed E-state index contributed by atoms with van der Waals surface area (Å²) in [5, 5.41) is 9.45. The topological polar surface area (TPSA) is 106 Å². The van der Waals surface area contributed by atoms with Crippen molar-refractivity contribution >= 4 is 23.5 Å². The van der Waals surface area contributed by atoms with Gasteiger partial charge >= 0.3 is 5.97 Å². The fourth-order valence-electron chi connectivity index (χ4n) is 5.83. The van der Waals surface area contributed by atoms with Crippen molar-refractivity contribution in [1.82, 2.24) is 4.90 Å². The molecule has 4 heterocycles. The predicted molar refractivity (Wildman–Crippen MR) is 121 cm³/mol. The van der Waals surface area contributed by atoms with Crippen molar-refractivity contribution in [3.05, 3.63) is 48.6 Å². The average molecular weight is 469 g/mol. The maximum Gasteiger partial charge on any atom is 0.313 e. The highest BCUT2D eigenvalue weighted by molar-refractivity contribution is 6.05. The minimum Gasteiger partial charge on any atom is -0.497 e. The monoisotopic (exact) mass is 468 g/mol. The summed E-state index contributed by atoms with van der Waals surface area (Å²) < 4.78 is 17.2. The van der Waals surface area contributed by atoms with Crippen LogP contribution in [0.15, 0.2) is 48.6 Å².